The van der Waals surface area contributed by atoms with Gasteiger partial charge in [0, 0.05) is 33.9 Å². The number of rotatable bonds is 9. The van der Waals surface area contributed by atoms with Crippen LogP contribution in [0, 0.1) is 0 Å². The number of carboxylic acid groups (broad SMARTS) is 1. The lowest BCUT2D eigenvalue weighted by molar-refractivity contribution is -0.140. The molecule has 0 bridgehead atoms. The Kier molecular flexibility index (Phi) is 8.29. The van der Waals surface area contributed by atoms with Crippen molar-refractivity contribution in [3.05, 3.63) is 0 Å². The summed E-state index contributed by atoms with van der Waals surface area (Å²) < 4.78 is 20.0. The van der Waals surface area contributed by atoms with E-state index in [0.29, 0.717) is 19.0 Å². The summed E-state index contributed by atoms with van der Waals surface area (Å²) in [6.45, 7) is -0.331. The van der Waals surface area contributed by atoms with Gasteiger partial charge in [-0.1, -0.05) is 0 Å². The van der Waals surface area contributed by atoms with Crippen molar-refractivity contribution < 1.29 is 32.7 Å². The van der Waals surface area contributed by atoms with E-state index in [9.17, 15) is 9.59 Å². The third-order valence-electron chi connectivity index (χ3n) is 2.19. The Labute approximate surface area is 107 Å². The minimum atomic E-state index is -2.61. The molecule has 0 aliphatic rings. The van der Waals surface area contributed by atoms with Gasteiger partial charge in [0.1, 0.15) is 0 Å². The molecule has 0 saturated carbocycles. The van der Waals surface area contributed by atoms with E-state index in [-0.39, 0.29) is 0 Å². The van der Waals surface area contributed by atoms with Crippen LogP contribution in [0.5, 0.6) is 0 Å². The molecule has 0 aromatic heterocycles. The van der Waals surface area contributed by atoms with Crippen LogP contribution in [0.3, 0.4) is 0 Å². The van der Waals surface area contributed by atoms with Crippen LogP contribution in [0.1, 0.15) is 6.42 Å². The van der Waals surface area contributed by atoms with Crippen molar-refractivity contribution in [2.45, 2.75) is 12.5 Å². The molecule has 2 N–H and O–H groups in total. The first-order valence-corrected chi connectivity index (χ1v) is 7.20. The second-order valence-corrected chi connectivity index (χ2v) is 6.39. The number of hydrogen-bond acceptors (Lipinski definition) is 6. The average Bonchev–Trinajstić information content (AvgIpc) is 2.37. The van der Waals surface area contributed by atoms with Crippen LogP contribution in [-0.4, -0.2) is 60.5 Å². The largest absolute Gasteiger partial charge is 0.500 e. The summed E-state index contributed by atoms with van der Waals surface area (Å²) in [5, 5.41) is 10.7. The maximum atomic E-state index is 11.0. The molecule has 0 atom stereocenters. The van der Waals surface area contributed by atoms with E-state index < -0.39 is 27.5 Å². The molecule has 0 rings (SSSR count). The fourth-order valence-electron chi connectivity index (χ4n) is 1.23. The van der Waals surface area contributed by atoms with Gasteiger partial charge in [0.05, 0.1) is 0 Å². The topological polar surface area (TPSA) is 103 Å². The van der Waals surface area contributed by atoms with Gasteiger partial charge in [-0.3, -0.25) is 0 Å². The number of carbonyl (C=O) groups is 2. The molecule has 0 unspecified atom stereocenters. The lowest BCUT2D eigenvalue weighted by Crippen LogP contribution is -2.43. The van der Waals surface area contributed by atoms with E-state index in [1.807, 2.05) is 0 Å². The summed E-state index contributed by atoms with van der Waals surface area (Å²) in [5.74, 6) is -1.20. The minimum Gasteiger partial charge on any atom is -0.479 e. The lowest BCUT2D eigenvalue weighted by Gasteiger charge is -2.24. The van der Waals surface area contributed by atoms with Crippen LogP contribution < -0.4 is 5.32 Å². The Bertz CT molecular complexity index is 261. The zero-order chi connectivity index (χ0) is 14.0. The Morgan fingerprint density at radius 3 is 2.17 bits per heavy atom. The van der Waals surface area contributed by atoms with Crippen LogP contribution in [-0.2, 0) is 22.8 Å². The second-order valence-electron chi connectivity index (χ2n) is 3.30. The number of amides is 1. The molecule has 0 aliphatic heterocycles. The van der Waals surface area contributed by atoms with Gasteiger partial charge in [0.15, 0.2) is 6.61 Å². The number of carboxylic acids is 1. The van der Waals surface area contributed by atoms with Crippen molar-refractivity contribution in [3.8, 4) is 0 Å². The zero-order valence-electron chi connectivity index (χ0n) is 10.7. The molecule has 0 aromatic rings. The third-order valence-corrected chi connectivity index (χ3v) is 5.02. The van der Waals surface area contributed by atoms with Gasteiger partial charge in [-0.15, -0.1) is 0 Å². The highest BCUT2D eigenvalue weighted by Gasteiger charge is 2.36. The van der Waals surface area contributed by atoms with Gasteiger partial charge in [-0.2, -0.15) is 0 Å². The molecular formula is C9H19NO7Si. The second kappa shape index (κ2) is 8.86. The standard InChI is InChI=1S/C9H19NO7Si/c1-14-18(15-2,16-3)6-4-5-10-9(13)17-7-8(11)12/h4-7H2,1-3H3,(H,10,13)(H,11,12). The summed E-state index contributed by atoms with van der Waals surface area (Å²) in [5.41, 5.74) is 0. The van der Waals surface area contributed by atoms with Crippen LogP contribution in [0.4, 0.5) is 4.79 Å². The number of nitrogens with one attached hydrogen (secondary N) is 1. The molecule has 0 fully saturated rings. The molecule has 0 radical (unpaired) electrons. The maximum absolute atomic E-state index is 11.0. The van der Waals surface area contributed by atoms with Crippen LogP contribution in [0.25, 0.3) is 0 Å². The normalized spacial score (nSPS) is 11.1. The van der Waals surface area contributed by atoms with Crippen molar-refractivity contribution in [1.82, 2.24) is 5.32 Å². The zero-order valence-corrected chi connectivity index (χ0v) is 11.7. The van der Waals surface area contributed by atoms with Crippen molar-refractivity contribution in [2.24, 2.45) is 0 Å². The quantitative estimate of drug-likeness (QED) is 0.455. The van der Waals surface area contributed by atoms with E-state index in [2.05, 4.69) is 10.1 Å². The first kappa shape index (κ1) is 16.8. The number of carbonyl (C=O) groups excluding carboxylic acids is 1. The van der Waals surface area contributed by atoms with E-state index in [0.717, 1.165) is 0 Å². The molecule has 0 heterocycles. The van der Waals surface area contributed by atoms with Gasteiger partial charge >= 0.3 is 20.9 Å². The summed E-state index contributed by atoms with van der Waals surface area (Å²) >= 11 is 0. The fourth-order valence-corrected chi connectivity index (χ4v) is 2.95. The molecule has 1 amide bonds. The van der Waals surface area contributed by atoms with Gasteiger partial charge in [-0.05, 0) is 6.42 Å². The van der Waals surface area contributed by atoms with Crippen molar-refractivity contribution >= 4 is 20.9 Å². The van der Waals surface area contributed by atoms with Crippen molar-refractivity contribution in [2.75, 3.05) is 34.5 Å². The number of ether oxygens (including phenoxy) is 1. The highest BCUT2D eigenvalue weighted by molar-refractivity contribution is 6.60. The molecule has 8 nitrogen and oxygen atoms in total. The highest BCUT2D eigenvalue weighted by atomic mass is 28.4. The number of aliphatic carboxylic acids is 1. The Morgan fingerprint density at radius 1 is 1.17 bits per heavy atom. The fraction of sp³-hybridized carbons (Fsp3) is 0.778. The van der Waals surface area contributed by atoms with Crippen molar-refractivity contribution in [1.29, 1.82) is 0 Å². The molecule has 0 aliphatic carbocycles. The molecule has 106 valence electrons. The molecule has 0 saturated heterocycles. The van der Waals surface area contributed by atoms with E-state index >= 15 is 0 Å². The molecular weight excluding hydrogens is 262 g/mol. The van der Waals surface area contributed by atoms with Gasteiger partial charge < -0.3 is 28.4 Å². The first-order valence-electron chi connectivity index (χ1n) is 5.27. The summed E-state index contributed by atoms with van der Waals surface area (Å²) in [7, 11) is 1.91. The van der Waals surface area contributed by atoms with Crippen LogP contribution in [0.2, 0.25) is 6.04 Å². The Balaban J connectivity index is 3.78. The smallest absolute Gasteiger partial charge is 0.479 e. The summed E-state index contributed by atoms with van der Waals surface area (Å²) in [4.78, 5) is 21.1. The predicted molar refractivity (Wildman–Crippen MR) is 63.2 cm³/mol. The first-order chi connectivity index (χ1) is 8.49. The molecule has 0 spiro atoms. The SMILES string of the molecule is CO[Si](CCCNC(=O)OCC(=O)O)(OC)OC. The van der Waals surface area contributed by atoms with E-state index in [1.165, 1.54) is 21.3 Å². The highest BCUT2D eigenvalue weighted by Crippen LogP contribution is 2.14. The summed E-state index contributed by atoms with van der Waals surface area (Å²) in [6.07, 6.45) is -0.193. The van der Waals surface area contributed by atoms with Crippen molar-refractivity contribution in [3.63, 3.8) is 0 Å². The predicted octanol–water partition coefficient (Wildman–Crippen LogP) is 0.0654. The molecule has 0 aromatic carbocycles. The Hall–Kier alpha value is -1.16. The van der Waals surface area contributed by atoms with E-state index in [1.54, 1.807) is 0 Å². The van der Waals surface area contributed by atoms with Crippen LogP contribution >= 0.6 is 0 Å². The molecule has 9 heteroatoms. The number of hydrogen-bond donors (Lipinski definition) is 2. The third kappa shape index (κ3) is 6.54. The van der Waals surface area contributed by atoms with E-state index in [4.69, 9.17) is 18.4 Å². The average molecular weight is 281 g/mol. The summed E-state index contributed by atoms with van der Waals surface area (Å²) in [6, 6.07) is 0.537. The van der Waals surface area contributed by atoms with Gasteiger partial charge in [0.25, 0.3) is 0 Å². The maximum Gasteiger partial charge on any atom is 0.500 e. The monoisotopic (exact) mass is 281 g/mol. The minimum absolute atomic E-state index is 0.323. The number of alkyl carbamates (subject to hydrolysis) is 1. The lowest BCUT2D eigenvalue weighted by atomic mass is 10.5. The van der Waals surface area contributed by atoms with Crippen LogP contribution in [0.15, 0.2) is 0 Å². The molecule has 18 heavy (non-hydrogen) atoms. The van der Waals surface area contributed by atoms with Gasteiger partial charge in [0.2, 0.25) is 0 Å². The Morgan fingerprint density at radius 2 is 1.72 bits per heavy atom. The van der Waals surface area contributed by atoms with Gasteiger partial charge in [-0.25, -0.2) is 9.59 Å².